The normalized spacial score (nSPS) is 17.7. The standard InChI is InChI=1S/C19H27N5/c1-2-17-12-6-7-14-24(17)19-22-18(15-21-23-19)20-13-8-11-16-9-4-3-5-10-16/h3-5,9-10,15,17H,2,6-8,11-14H2,1H3,(H,20,22,23). The smallest absolute Gasteiger partial charge is 0.247 e. The summed E-state index contributed by atoms with van der Waals surface area (Å²) in [6.07, 6.45) is 8.76. The van der Waals surface area contributed by atoms with E-state index in [1.807, 2.05) is 0 Å². The molecule has 1 saturated heterocycles. The van der Waals surface area contributed by atoms with Crippen LogP contribution in [-0.2, 0) is 6.42 Å². The molecule has 24 heavy (non-hydrogen) atoms. The number of nitrogens with one attached hydrogen (secondary N) is 1. The highest BCUT2D eigenvalue weighted by Gasteiger charge is 2.23. The van der Waals surface area contributed by atoms with Gasteiger partial charge in [0.25, 0.3) is 0 Å². The van der Waals surface area contributed by atoms with Gasteiger partial charge in [0.2, 0.25) is 5.95 Å². The fraction of sp³-hybridized carbons (Fsp3) is 0.526. The lowest BCUT2D eigenvalue weighted by atomic mass is 10.0. The van der Waals surface area contributed by atoms with Gasteiger partial charge in [0.1, 0.15) is 0 Å². The van der Waals surface area contributed by atoms with Crippen molar-refractivity contribution in [3.63, 3.8) is 0 Å². The minimum absolute atomic E-state index is 0.550. The number of nitrogens with zero attached hydrogens (tertiary/aromatic N) is 4. The van der Waals surface area contributed by atoms with Gasteiger partial charge in [-0.25, -0.2) is 0 Å². The van der Waals surface area contributed by atoms with E-state index in [0.717, 1.165) is 44.1 Å². The Morgan fingerprint density at radius 2 is 2.08 bits per heavy atom. The number of aromatic nitrogens is 3. The first-order valence-corrected chi connectivity index (χ1v) is 9.11. The molecule has 1 unspecified atom stereocenters. The summed E-state index contributed by atoms with van der Waals surface area (Å²) in [7, 11) is 0. The molecule has 2 heterocycles. The molecular formula is C19H27N5. The lowest BCUT2D eigenvalue weighted by Gasteiger charge is -2.34. The highest BCUT2D eigenvalue weighted by atomic mass is 15.3. The summed E-state index contributed by atoms with van der Waals surface area (Å²) in [5.74, 6) is 1.60. The van der Waals surface area contributed by atoms with Gasteiger partial charge in [-0.2, -0.15) is 10.1 Å². The number of benzene rings is 1. The lowest BCUT2D eigenvalue weighted by molar-refractivity contribution is 0.441. The molecule has 3 rings (SSSR count). The van der Waals surface area contributed by atoms with Crippen molar-refractivity contribution in [3.05, 3.63) is 42.1 Å². The van der Waals surface area contributed by atoms with Crippen LogP contribution in [0.3, 0.4) is 0 Å². The number of anilines is 2. The third-order valence-electron chi connectivity index (χ3n) is 4.69. The summed E-state index contributed by atoms with van der Waals surface area (Å²) in [6, 6.07) is 11.1. The largest absolute Gasteiger partial charge is 0.369 e. The van der Waals surface area contributed by atoms with Gasteiger partial charge in [0, 0.05) is 19.1 Å². The Hall–Kier alpha value is -2.17. The van der Waals surface area contributed by atoms with Crippen LogP contribution in [0.4, 0.5) is 11.8 Å². The maximum atomic E-state index is 4.68. The quantitative estimate of drug-likeness (QED) is 0.787. The molecule has 0 amide bonds. The third-order valence-corrected chi connectivity index (χ3v) is 4.69. The maximum absolute atomic E-state index is 4.68. The summed E-state index contributed by atoms with van der Waals surface area (Å²) < 4.78 is 0. The highest BCUT2D eigenvalue weighted by Crippen LogP contribution is 2.23. The molecule has 1 aromatic heterocycles. The van der Waals surface area contributed by atoms with Crippen LogP contribution in [-0.4, -0.2) is 34.3 Å². The van der Waals surface area contributed by atoms with Crippen molar-refractivity contribution in [1.82, 2.24) is 15.2 Å². The topological polar surface area (TPSA) is 53.9 Å². The predicted molar refractivity (Wildman–Crippen MR) is 98.4 cm³/mol. The predicted octanol–water partition coefficient (Wildman–Crippen LogP) is 3.69. The first-order chi connectivity index (χ1) is 11.9. The molecule has 0 aliphatic carbocycles. The Labute approximate surface area is 144 Å². The summed E-state index contributed by atoms with van der Waals surface area (Å²) in [5.41, 5.74) is 1.37. The summed E-state index contributed by atoms with van der Waals surface area (Å²) in [5, 5.41) is 11.8. The first kappa shape index (κ1) is 16.7. The molecule has 1 atom stereocenters. The molecular weight excluding hydrogens is 298 g/mol. The Balaban J connectivity index is 1.53. The lowest BCUT2D eigenvalue weighted by Crippen LogP contribution is -2.40. The van der Waals surface area contributed by atoms with E-state index in [0.29, 0.717) is 6.04 Å². The van der Waals surface area contributed by atoms with Gasteiger partial charge >= 0.3 is 0 Å². The van der Waals surface area contributed by atoms with Crippen molar-refractivity contribution < 1.29 is 0 Å². The van der Waals surface area contributed by atoms with Crippen LogP contribution in [0.2, 0.25) is 0 Å². The molecule has 1 aliphatic rings. The van der Waals surface area contributed by atoms with Gasteiger partial charge < -0.3 is 10.2 Å². The van der Waals surface area contributed by atoms with Crippen molar-refractivity contribution in [3.8, 4) is 0 Å². The molecule has 0 bridgehead atoms. The second-order valence-electron chi connectivity index (χ2n) is 6.41. The molecule has 5 heteroatoms. The molecule has 5 nitrogen and oxygen atoms in total. The fourth-order valence-electron chi connectivity index (χ4n) is 3.34. The van der Waals surface area contributed by atoms with Gasteiger partial charge in [0.15, 0.2) is 5.82 Å². The molecule has 2 aromatic rings. The number of hydrogen-bond donors (Lipinski definition) is 1. The van der Waals surface area contributed by atoms with E-state index >= 15 is 0 Å². The van der Waals surface area contributed by atoms with E-state index < -0.39 is 0 Å². The van der Waals surface area contributed by atoms with Crippen LogP contribution < -0.4 is 10.2 Å². The monoisotopic (exact) mass is 325 g/mol. The van der Waals surface area contributed by atoms with E-state index in [1.165, 1.54) is 24.8 Å². The first-order valence-electron chi connectivity index (χ1n) is 9.11. The average Bonchev–Trinajstić information content (AvgIpc) is 2.66. The van der Waals surface area contributed by atoms with Gasteiger partial charge in [-0.05, 0) is 44.1 Å². The molecule has 0 radical (unpaired) electrons. The number of aryl methyl sites for hydroxylation is 1. The van der Waals surface area contributed by atoms with Crippen LogP contribution >= 0.6 is 0 Å². The average molecular weight is 325 g/mol. The second kappa shape index (κ2) is 8.62. The minimum Gasteiger partial charge on any atom is -0.369 e. The molecule has 128 valence electrons. The summed E-state index contributed by atoms with van der Waals surface area (Å²) >= 11 is 0. The second-order valence-corrected chi connectivity index (χ2v) is 6.41. The molecule has 1 aliphatic heterocycles. The SMILES string of the molecule is CCC1CCCCN1c1nncc(NCCCc2ccccc2)n1. The zero-order valence-corrected chi connectivity index (χ0v) is 14.5. The Bertz CT molecular complexity index is 616. The van der Waals surface area contributed by atoms with E-state index in [1.54, 1.807) is 6.20 Å². The maximum Gasteiger partial charge on any atom is 0.247 e. The molecule has 1 aromatic carbocycles. The number of piperidine rings is 1. The number of rotatable bonds is 7. The van der Waals surface area contributed by atoms with Crippen molar-refractivity contribution in [2.75, 3.05) is 23.3 Å². The Morgan fingerprint density at radius 3 is 2.92 bits per heavy atom. The zero-order chi connectivity index (χ0) is 16.6. The van der Waals surface area contributed by atoms with Gasteiger partial charge in [0.05, 0.1) is 6.20 Å². The van der Waals surface area contributed by atoms with Gasteiger partial charge in [-0.15, -0.1) is 5.10 Å². The van der Waals surface area contributed by atoms with E-state index in [2.05, 4.69) is 62.7 Å². The summed E-state index contributed by atoms with van der Waals surface area (Å²) in [4.78, 5) is 7.01. The van der Waals surface area contributed by atoms with Crippen molar-refractivity contribution in [1.29, 1.82) is 0 Å². The third kappa shape index (κ3) is 4.43. The van der Waals surface area contributed by atoms with Crippen LogP contribution in [0.15, 0.2) is 36.5 Å². The van der Waals surface area contributed by atoms with Crippen LogP contribution in [0.5, 0.6) is 0 Å². The zero-order valence-electron chi connectivity index (χ0n) is 14.5. The van der Waals surface area contributed by atoms with Gasteiger partial charge in [-0.3, -0.25) is 0 Å². The van der Waals surface area contributed by atoms with E-state index in [4.69, 9.17) is 0 Å². The van der Waals surface area contributed by atoms with E-state index in [9.17, 15) is 0 Å². The van der Waals surface area contributed by atoms with Crippen molar-refractivity contribution in [2.24, 2.45) is 0 Å². The van der Waals surface area contributed by atoms with Gasteiger partial charge in [-0.1, -0.05) is 37.3 Å². The van der Waals surface area contributed by atoms with Crippen molar-refractivity contribution >= 4 is 11.8 Å². The van der Waals surface area contributed by atoms with E-state index in [-0.39, 0.29) is 0 Å². The summed E-state index contributed by atoms with van der Waals surface area (Å²) in [6.45, 7) is 4.17. The Kier molecular flexibility index (Phi) is 5.99. The van der Waals surface area contributed by atoms with Crippen LogP contribution in [0, 0.1) is 0 Å². The minimum atomic E-state index is 0.550. The van der Waals surface area contributed by atoms with Crippen LogP contribution in [0.25, 0.3) is 0 Å². The van der Waals surface area contributed by atoms with Crippen molar-refractivity contribution in [2.45, 2.75) is 51.5 Å². The molecule has 1 N–H and O–H groups in total. The molecule has 0 saturated carbocycles. The highest BCUT2D eigenvalue weighted by molar-refractivity contribution is 5.40. The molecule has 0 spiro atoms. The Morgan fingerprint density at radius 1 is 1.21 bits per heavy atom. The fourth-order valence-corrected chi connectivity index (χ4v) is 3.34. The number of hydrogen-bond acceptors (Lipinski definition) is 5. The molecule has 1 fully saturated rings. The van der Waals surface area contributed by atoms with Crippen LogP contribution in [0.1, 0.15) is 44.6 Å².